The molecule has 1 aromatic rings. The number of carbonyl (C=O) groups is 1. The Morgan fingerprint density at radius 3 is 2.94 bits per heavy atom. The third-order valence-electron chi connectivity index (χ3n) is 1.99. The Labute approximate surface area is 104 Å². The lowest BCUT2D eigenvalue weighted by atomic mass is 10.2. The summed E-state index contributed by atoms with van der Waals surface area (Å²) in [6, 6.07) is 4.21. The topological polar surface area (TPSA) is 29.1 Å². The quantitative estimate of drug-likeness (QED) is 0.814. The van der Waals surface area contributed by atoms with E-state index in [1.807, 2.05) is 13.2 Å². The van der Waals surface area contributed by atoms with E-state index >= 15 is 0 Å². The molecule has 2 nitrogen and oxygen atoms in total. The van der Waals surface area contributed by atoms with Gasteiger partial charge in [0.1, 0.15) is 5.82 Å². The van der Waals surface area contributed by atoms with E-state index in [-0.39, 0.29) is 11.6 Å². The molecule has 0 saturated carbocycles. The molecule has 0 aliphatic heterocycles. The smallest absolute Gasteiger partial charge is 0.254 e. The van der Waals surface area contributed by atoms with Crippen LogP contribution in [0.5, 0.6) is 0 Å². The fourth-order valence-corrected chi connectivity index (χ4v) is 2.07. The van der Waals surface area contributed by atoms with Gasteiger partial charge >= 0.3 is 0 Å². The minimum absolute atomic E-state index is 0.0190. The number of thioether (sulfide) groups is 1. The highest BCUT2D eigenvalue weighted by Crippen LogP contribution is 2.13. The van der Waals surface area contributed by atoms with Crippen molar-refractivity contribution in [1.29, 1.82) is 0 Å². The molecule has 0 aliphatic carbocycles. The van der Waals surface area contributed by atoms with Crippen molar-refractivity contribution in [3.8, 4) is 0 Å². The SMILES string of the molecule is CSCC(C)NC(=O)c1cc(S)ccc1F. The molecule has 0 spiro atoms. The van der Waals surface area contributed by atoms with E-state index in [0.717, 1.165) is 5.75 Å². The molecule has 1 atom stereocenters. The maximum atomic E-state index is 13.4. The second-order valence-corrected chi connectivity index (χ2v) is 4.92. The van der Waals surface area contributed by atoms with Crippen LogP contribution in [0, 0.1) is 5.82 Å². The van der Waals surface area contributed by atoms with Crippen LogP contribution in [0.15, 0.2) is 23.1 Å². The normalized spacial score (nSPS) is 12.2. The lowest BCUT2D eigenvalue weighted by Crippen LogP contribution is -2.34. The summed E-state index contributed by atoms with van der Waals surface area (Å²) in [4.78, 5) is 12.3. The molecule has 1 N–H and O–H groups in total. The molecule has 1 unspecified atom stereocenters. The zero-order chi connectivity index (χ0) is 12.1. The second-order valence-electron chi connectivity index (χ2n) is 3.49. The molecule has 0 bridgehead atoms. The minimum Gasteiger partial charge on any atom is -0.349 e. The summed E-state index contributed by atoms with van der Waals surface area (Å²) in [7, 11) is 0. The Morgan fingerprint density at radius 2 is 2.31 bits per heavy atom. The fraction of sp³-hybridized carbons (Fsp3) is 0.364. The van der Waals surface area contributed by atoms with Crippen molar-refractivity contribution in [1.82, 2.24) is 5.32 Å². The van der Waals surface area contributed by atoms with Crippen LogP contribution in [0.3, 0.4) is 0 Å². The van der Waals surface area contributed by atoms with Crippen molar-refractivity contribution in [3.05, 3.63) is 29.6 Å². The Balaban J connectivity index is 2.76. The van der Waals surface area contributed by atoms with Crippen LogP contribution in [0.1, 0.15) is 17.3 Å². The van der Waals surface area contributed by atoms with Crippen LogP contribution in [0.4, 0.5) is 4.39 Å². The molecule has 0 heterocycles. The first-order chi connectivity index (χ1) is 7.54. The van der Waals surface area contributed by atoms with Gasteiger partial charge in [-0.1, -0.05) is 0 Å². The van der Waals surface area contributed by atoms with Crippen LogP contribution in [-0.2, 0) is 0 Å². The van der Waals surface area contributed by atoms with Crippen LogP contribution in [-0.4, -0.2) is 24.0 Å². The Morgan fingerprint density at radius 1 is 1.62 bits per heavy atom. The van der Waals surface area contributed by atoms with Crippen LogP contribution >= 0.6 is 24.4 Å². The van der Waals surface area contributed by atoms with Crippen molar-refractivity contribution in [3.63, 3.8) is 0 Å². The Kier molecular flexibility index (Phi) is 5.15. The molecular formula is C11H14FNOS2. The summed E-state index contributed by atoms with van der Waals surface area (Å²) >= 11 is 5.71. The molecule has 16 heavy (non-hydrogen) atoms. The molecule has 0 fully saturated rings. The summed E-state index contributed by atoms with van der Waals surface area (Å²) in [5.74, 6) is -0.116. The number of rotatable bonds is 4. The molecule has 1 rings (SSSR count). The van der Waals surface area contributed by atoms with Gasteiger partial charge in [-0.05, 0) is 31.4 Å². The number of benzene rings is 1. The van der Waals surface area contributed by atoms with Gasteiger partial charge in [-0.2, -0.15) is 11.8 Å². The summed E-state index contributed by atoms with van der Waals surface area (Å²) in [6.45, 7) is 1.89. The molecule has 88 valence electrons. The van der Waals surface area contributed by atoms with E-state index in [2.05, 4.69) is 17.9 Å². The molecule has 1 amide bonds. The van der Waals surface area contributed by atoms with E-state index in [4.69, 9.17) is 0 Å². The highest BCUT2D eigenvalue weighted by molar-refractivity contribution is 7.98. The van der Waals surface area contributed by atoms with Gasteiger partial charge in [0.25, 0.3) is 5.91 Å². The number of thiol groups is 1. The van der Waals surface area contributed by atoms with Gasteiger partial charge in [-0.25, -0.2) is 4.39 Å². The highest BCUT2D eigenvalue weighted by Gasteiger charge is 2.13. The molecule has 0 aliphatic rings. The summed E-state index contributed by atoms with van der Waals surface area (Å²) in [5.41, 5.74) is 0.0421. The predicted molar refractivity (Wildman–Crippen MR) is 69.0 cm³/mol. The Hall–Kier alpha value is -0.680. The molecular weight excluding hydrogens is 245 g/mol. The van der Waals surface area contributed by atoms with Gasteiger partial charge < -0.3 is 5.32 Å². The average Bonchev–Trinajstić information content (AvgIpc) is 2.21. The van der Waals surface area contributed by atoms with E-state index in [9.17, 15) is 9.18 Å². The number of halogens is 1. The van der Waals surface area contributed by atoms with E-state index < -0.39 is 11.7 Å². The first-order valence-electron chi connectivity index (χ1n) is 4.83. The molecule has 0 radical (unpaired) electrons. The van der Waals surface area contributed by atoms with Crippen molar-refractivity contribution in [2.45, 2.75) is 17.9 Å². The average molecular weight is 259 g/mol. The maximum absolute atomic E-state index is 13.4. The maximum Gasteiger partial charge on any atom is 0.254 e. The summed E-state index contributed by atoms with van der Waals surface area (Å²) in [6.07, 6.45) is 1.96. The first-order valence-corrected chi connectivity index (χ1v) is 6.67. The van der Waals surface area contributed by atoms with Crippen molar-refractivity contribution < 1.29 is 9.18 Å². The lowest BCUT2D eigenvalue weighted by Gasteiger charge is -2.12. The van der Waals surface area contributed by atoms with Crippen LogP contribution in [0.25, 0.3) is 0 Å². The predicted octanol–water partition coefficient (Wildman–Crippen LogP) is 2.60. The largest absolute Gasteiger partial charge is 0.349 e. The third-order valence-corrected chi connectivity index (χ3v) is 3.10. The fourth-order valence-electron chi connectivity index (χ4n) is 1.28. The molecule has 0 aromatic heterocycles. The van der Waals surface area contributed by atoms with Gasteiger partial charge in [-0.3, -0.25) is 4.79 Å². The number of amides is 1. The van der Waals surface area contributed by atoms with Crippen molar-refractivity contribution in [2.75, 3.05) is 12.0 Å². The lowest BCUT2D eigenvalue weighted by molar-refractivity contribution is 0.0939. The minimum atomic E-state index is -0.522. The standard InChI is InChI=1S/C11H14FNOS2/c1-7(6-16-2)13-11(14)9-5-8(15)3-4-10(9)12/h3-5,7,15H,6H2,1-2H3,(H,13,14). The first kappa shape index (κ1) is 13.4. The van der Waals surface area contributed by atoms with E-state index in [0.29, 0.717) is 4.90 Å². The van der Waals surface area contributed by atoms with Crippen molar-refractivity contribution in [2.24, 2.45) is 0 Å². The van der Waals surface area contributed by atoms with Crippen molar-refractivity contribution >= 4 is 30.3 Å². The number of hydrogen-bond acceptors (Lipinski definition) is 3. The monoisotopic (exact) mass is 259 g/mol. The zero-order valence-corrected chi connectivity index (χ0v) is 10.9. The van der Waals surface area contributed by atoms with Crippen LogP contribution in [0.2, 0.25) is 0 Å². The van der Waals surface area contributed by atoms with Gasteiger partial charge in [0, 0.05) is 16.7 Å². The molecule has 1 aromatic carbocycles. The third kappa shape index (κ3) is 3.72. The van der Waals surface area contributed by atoms with Gasteiger partial charge in [0.2, 0.25) is 0 Å². The van der Waals surface area contributed by atoms with Crippen LogP contribution < -0.4 is 5.32 Å². The van der Waals surface area contributed by atoms with E-state index in [1.165, 1.54) is 18.2 Å². The van der Waals surface area contributed by atoms with Gasteiger partial charge in [-0.15, -0.1) is 12.6 Å². The number of carbonyl (C=O) groups excluding carboxylic acids is 1. The zero-order valence-electron chi connectivity index (χ0n) is 9.16. The molecule has 5 heteroatoms. The number of hydrogen-bond donors (Lipinski definition) is 2. The summed E-state index contributed by atoms with van der Waals surface area (Å²) in [5, 5.41) is 2.73. The van der Waals surface area contributed by atoms with Gasteiger partial charge in [0.15, 0.2) is 0 Å². The van der Waals surface area contributed by atoms with E-state index in [1.54, 1.807) is 11.8 Å². The van der Waals surface area contributed by atoms with Gasteiger partial charge in [0.05, 0.1) is 5.56 Å². The molecule has 0 saturated heterocycles. The second kappa shape index (κ2) is 6.15. The highest BCUT2D eigenvalue weighted by atomic mass is 32.2. The summed E-state index contributed by atoms with van der Waals surface area (Å²) < 4.78 is 13.4. The number of nitrogens with one attached hydrogen (secondary N) is 1. The Bertz CT molecular complexity index is 384.